The molecule has 3 aliphatic rings. The average molecular weight is 336 g/mol. The van der Waals surface area contributed by atoms with Gasteiger partial charge in [0.1, 0.15) is 0 Å². The van der Waals surface area contributed by atoms with E-state index in [2.05, 4.69) is 41.2 Å². The summed E-state index contributed by atoms with van der Waals surface area (Å²) in [4.78, 5) is 10.2. The summed E-state index contributed by atoms with van der Waals surface area (Å²) in [6.07, 6.45) is 8.05. The molecule has 3 atom stereocenters. The fourth-order valence-corrected chi connectivity index (χ4v) is 4.47. The Morgan fingerprint density at radius 3 is 2.71 bits per heavy atom. The van der Waals surface area contributed by atoms with Gasteiger partial charge in [-0.15, -0.1) is 0 Å². The van der Waals surface area contributed by atoms with Crippen LogP contribution in [0.2, 0.25) is 0 Å². The molecule has 24 heavy (non-hydrogen) atoms. The molecule has 0 amide bonds. The lowest BCUT2D eigenvalue weighted by Crippen LogP contribution is -2.46. The molecule has 2 aliphatic heterocycles. The van der Waals surface area contributed by atoms with Crippen molar-refractivity contribution in [2.45, 2.75) is 83.5 Å². The number of hydrogen-bond donors (Lipinski definition) is 2. The molecule has 0 aromatic rings. The summed E-state index contributed by atoms with van der Waals surface area (Å²) in [5.41, 5.74) is 0. The molecule has 0 aromatic carbocycles. The van der Waals surface area contributed by atoms with Gasteiger partial charge in [0, 0.05) is 37.3 Å². The van der Waals surface area contributed by atoms with E-state index < -0.39 is 0 Å². The second-order valence-corrected chi connectivity index (χ2v) is 7.85. The highest BCUT2D eigenvalue weighted by molar-refractivity contribution is 5.80. The molecule has 3 rings (SSSR count). The van der Waals surface area contributed by atoms with Gasteiger partial charge < -0.3 is 10.6 Å². The fraction of sp³-hybridized carbons (Fsp3) is 0.947. The van der Waals surface area contributed by atoms with Gasteiger partial charge in [-0.25, -0.2) is 0 Å². The molecule has 1 aliphatic carbocycles. The number of hydrogen-bond acceptors (Lipinski definition) is 3. The second-order valence-electron chi connectivity index (χ2n) is 7.85. The second kappa shape index (κ2) is 8.52. The summed E-state index contributed by atoms with van der Waals surface area (Å²) in [6, 6.07) is 2.76. The van der Waals surface area contributed by atoms with Gasteiger partial charge in [0.15, 0.2) is 5.96 Å². The van der Waals surface area contributed by atoms with Gasteiger partial charge in [0.25, 0.3) is 0 Å². The average Bonchev–Trinajstić information content (AvgIpc) is 3.36. The smallest absolute Gasteiger partial charge is 0.191 e. The van der Waals surface area contributed by atoms with E-state index in [1.165, 1.54) is 51.6 Å². The minimum atomic E-state index is 0.548. The molecule has 5 nitrogen and oxygen atoms in total. The Bertz CT molecular complexity index is 420. The molecule has 138 valence electrons. The first kappa shape index (κ1) is 18.0. The lowest BCUT2D eigenvalue weighted by atomic mass is 10.0. The highest BCUT2D eigenvalue weighted by Gasteiger charge is 2.38. The minimum Gasteiger partial charge on any atom is -0.357 e. The maximum Gasteiger partial charge on any atom is 0.191 e. The van der Waals surface area contributed by atoms with Crippen LogP contribution < -0.4 is 10.6 Å². The van der Waals surface area contributed by atoms with E-state index in [9.17, 15) is 0 Å². The van der Waals surface area contributed by atoms with Crippen LogP contribution in [0.3, 0.4) is 0 Å². The Kier molecular flexibility index (Phi) is 6.39. The fourth-order valence-electron chi connectivity index (χ4n) is 4.47. The van der Waals surface area contributed by atoms with E-state index in [0.29, 0.717) is 18.1 Å². The van der Waals surface area contributed by atoms with Gasteiger partial charge in [-0.3, -0.25) is 14.8 Å². The minimum absolute atomic E-state index is 0.548. The number of rotatable bonds is 6. The predicted molar refractivity (Wildman–Crippen MR) is 102 cm³/mol. The van der Waals surface area contributed by atoms with Gasteiger partial charge in [-0.05, 0) is 59.0 Å². The summed E-state index contributed by atoms with van der Waals surface area (Å²) < 4.78 is 0. The van der Waals surface area contributed by atoms with Crippen LogP contribution in [0.25, 0.3) is 0 Å². The Labute approximate surface area is 148 Å². The summed E-state index contributed by atoms with van der Waals surface area (Å²) in [6.45, 7) is 12.3. The number of piperidine rings is 1. The topological polar surface area (TPSA) is 42.9 Å². The van der Waals surface area contributed by atoms with E-state index in [1.807, 2.05) is 0 Å². The molecule has 0 bridgehead atoms. The summed E-state index contributed by atoms with van der Waals surface area (Å²) in [5, 5.41) is 7.17. The molecular formula is C19H37N5. The normalized spacial score (nSPS) is 33.0. The lowest BCUT2D eigenvalue weighted by molar-refractivity contribution is 0.161. The zero-order valence-corrected chi connectivity index (χ0v) is 15.9. The van der Waals surface area contributed by atoms with Gasteiger partial charge >= 0.3 is 0 Å². The van der Waals surface area contributed by atoms with Crippen molar-refractivity contribution in [3.63, 3.8) is 0 Å². The van der Waals surface area contributed by atoms with Crippen LogP contribution in [-0.4, -0.2) is 72.7 Å². The van der Waals surface area contributed by atoms with E-state index >= 15 is 0 Å². The zero-order chi connectivity index (χ0) is 16.9. The standard InChI is InChI=1S/C19H37N5/c1-4-20-19(21-13-18-8-6-7-11-23(18)5-2)22-16-12-15(3)24(14-16)17-9-10-17/h15-18H,4-14H2,1-3H3,(H2,20,21,22). The third kappa shape index (κ3) is 4.63. The molecule has 2 saturated heterocycles. The van der Waals surface area contributed by atoms with Crippen LogP contribution in [0.4, 0.5) is 0 Å². The molecule has 1 saturated carbocycles. The van der Waals surface area contributed by atoms with Crippen LogP contribution in [-0.2, 0) is 0 Å². The predicted octanol–water partition coefficient (Wildman–Crippen LogP) is 2.04. The first-order valence-electron chi connectivity index (χ1n) is 10.3. The monoisotopic (exact) mass is 335 g/mol. The lowest BCUT2D eigenvalue weighted by Gasteiger charge is -2.34. The van der Waals surface area contributed by atoms with Crippen molar-refractivity contribution in [3.8, 4) is 0 Å². The quantitative estimate of drug-likeness (QED) is 0.576. The van der Waals surface area contributed by atoms with E-state index in [4.69, 9.17) is 4.99 Å². The van der Waals surface area contributed by atoms with Crippen molar-refractivity contribution in [1.82, 2.24) is 20.4 Å². The Hall–Kier alpha value is -0.810. The van der Waals surface area contributed by atoms with E-state index in [-0.39, 0.29) is 0 Å². The Balaban J connectivity index is 1.53. The van der Waals surface area contributed by atoms with E-state index in [1.54, 1.807) is 0 Å². The highest BCUT2D eigenvalue weighted by Crippen LogP contribution is 2.33. The largest absolute Gasteiger partial charge is 0.357 e. The van der Waals surface area contributed by atoms with Crippen molar-refractivity contribution in [2.75, 3.05) is 32.7 Å². The summed E-state index contributed by atoms with van der Waals surface area (Å²) in [7, 11) is 0. The summed E-state index contributed by atoms with van der Waals surface area (Å²) >= 11 is 0. The highest BCUT2D eigenvalue weighted by atomic mass is 15.3. The first-order valence-corrected chi connectivity index (χ1v) is 10.3. The molecule has 5 heteroatoms. The van der Waals surface area contributed by atoms with E-state index in [0.717, 1.165) is 31.6 Å². The zero-order valence-electron chi connectivity index (χ0n) is 15.9. The molecule has 2 heterocycles. The first-order chi connectivity index (χ1) is 11.7. The maximum absolute atomic E-state index is 4.94. The number of aliphatic imine (C=N–C) groups is 1. The molecule has 0 radical (unpaired) electrons. The molecular weight excluding hydrogens is 298 g/mol. The van der Waals surface area contributed by atoms with Crippen LogP contribution in [0.5, 0.6) is 0 Å². The van der Waals surface area contributed by atoms with Gasteiger partial charge in [0.2, 0.25) is 0 Å². The Morgan fingerprint density at radius 2 is 2.00 bits per heavy atom. The van der Waals surface area contributed by atoms with Crippen molar-refractivity contribution < 1.29 is 0 Å². The van der Waals surface area contributed by atoms with Crippen molar-refractivity contribution in [3.05, 3.63) is 0 Å². The van der Waals surface area contributed by atoms with Crippen LogP contribution in [0.15, 0.2) is 4.99 Å². The number of nitrogens with zero attached hydrogens (tertiary/aromatic N) is 3. The molecule has 3 unspecified atom stereocenters. The van der Waals surface area contributed by atoms with Crippen LogP contribution in [0.1, 0.15) is 59.3 Å². The van der Waals surface area contributed by atoms with Gasteiger partial charge in [0.05, 0.1) is 6.54 Å². The number of likely N-dealkylation sites (tertiary alicyclic amines) is 2. The van der Waals surface area contributed by atoms with Gasteiger partial charge in [-0.2, -0.15) is 0 Å². The SMILES string of the molecule is CCNC(=NCC1CCCCN1CC)NC1CC(C)N(C2CC2)C1. The number of nitrogens with one attached hydrogen (secondary N) is 2. The number of guanidine groups is 1. The van der Waals surface area contributed by atoms with Crippen molar-refractivity contribution in [2.24, 2.45) is 4.99 Å². The number of likely N-dealkylation sites (N-methyl/N-ethyl adjacent to an activating group) is 1. The van der Waals surface area contributed by atoms with Crippen molar-refractivity contribution in [1.29, 1.82) is 0 Å². The Morgan fingerprint density at radius 1 is 1.17 bits per heavy atom. The summed E-state index contributed by atoms with van der Waals surface area (Å²) in [5.74, 6) is 1.02. The molecule has 3 fully saturated rings. The third-order valence-corrected chi connectivity index (χ3v) is 5.94. The molecule has 0 aromatic heterocycles. The molecule has 0 spiro atoms. The van der Waals surface area contributed by atoms with Crippen molar-refractivity contribution >= 4 is 5.96 Å². The third-order valence-electron chi connectivity index (χ3n) is 5.94. The van der Waals surface area contributed by atoms with Gasteiger partial charge in [-0.1, -0.05) is 13.3 Å². The van der Waals surface area contributed by atoms with Crippen LogP contribution in [0, 0.1) is 0 Å². The maximum atomic E-state index is 4.94. The molecule has 2 N–H and O–H groups in total. The van der Waals surface area contributed by atoms with Crippen LogP contribution >= 0.6 is 0 Å².